The topological polar surface area (TPSA) is 41.9 Å². The molecule has 0 saturated carbocycles. The van der Waals surface area contributed by atoms with Crippen molar-refractivity contribution < 1.29 is 4.39 Å². The minimum atomic E-state index is -0.958. The minimum Gasteiger partial charge on any atom is -0.388 e. The van der Waals surface area contributed by atoms with Crippen molar-refractivity contribution in [2.24, 2.45) is 5.92 Å². The van der Waals surface area contributed by atoms with Crippen LogP contribution in [-0.2, 0) is 6.42 Å². The number of hydrogen-bond donors (Lipinski definition) is 2. The molecule has 1 fully saturated rings. The molecule has 0 aliphatic carbocycles. The van der Waals surface area contributed by atoms with Gasteiger partial charge in [-0.2, -0.15) is 0 Å². The molecule has 35 heavy (non-hydrogen) atoms. The highest BCUT2D eigenvalue weighted by atomic mass is 19.1. The van der Waals surface area contributed by atoms with Gasteiger partial charge in [-0.25, -0.2) is 9.07 Å². The van der Waals surface area contributed by atoms with Crippen molar-refractivity contribution in [1.82, 2.24) is 15.1 Å². The number of alkyl halides is 1. The third-order valence-electron chi connectivity index (χ3n) is 6.18. The Balaban J connectivity index is 0.000000509. The van der Waals surface area contributed by atoms with E-state index in [1.165, 1.54) is 11.1 Å². The number of nitrogens with one attached hydrogen (secondary N) is 2. The lowest BCUT2D eigenvalue weighted by Gasteiger charge is -2.12. The average molecular weight is 475 g/mol. The van der Waals surface area contributed by atoms with Gasteiger partial charge in [0.05, 0.1) is 11.4 Å². The highest BCUT2D eigenvalue weighted by Gasteiger charge is 2.21. The summed E-state index contributed by atoms with van der Waals surface area (Å²) in [5.74, 6) is 1.15. The van der Waals surface area contributed by atoms with Gasteiger partial charge in [0.1, 0.15) is 5.67 Å². The van der Waals surface area contributed by atoms with Crippen LogP contribution in [0.15, 0.2) is 85.2 Å². The lowest BCUT2D eigenvalue weighted by Crippen LogP contribution is -2.14. The van der Waals surface area contributed by atoms with Crippen LogP contribution in [0.1, 0.15) is 52.5 Å². The lowest BCUT2D eigenvalue weighted by molar-refractivity contribution is 0.210. The molecule has 1 unspecified atom stereocenters. The van der Waals surface area contributed by atoms with Gasteiger partial charge in [-0.3, -0.25) is 0 Å². The Morgan fingerprint density at radius 2 is 1.86 bits per heavy atom. The first kappa shape index (κ1) is 26.3. The molecule has 2 heterocycles. The standard InChI is InChI=1S/C25H28N4.C5H11F/c1-4-9-20-10-8-11-21(15-20)24-16-25(27-19(3)22-14-18(2)26-17-22)28-29(24)23-12-6-5-7-13-23;1-4-5(2,3)6/h5-8,10-13,15-16,22,26H,2-4,9,14,17H2,1H3,(H,27,28);4H2,1-3H3. The maximum atomic E-state index is 12.1. The molecule has 4 rings (SSSR count). The molecule has 0 bridgehead atoms. The number of hydrogen-bond acceptors (Lipinski definition) is 3. The van der Waals surface area contributed by atoms with Crippen molar-refractivity contribution in [3.8, 4) is 16.9 Å². The molecule has 1 atom stereocenters. The van der Waals surface area contributed by atoms with E-state index in [9.17, 15) is 4.39 Å². The van der Waals surface area contributed by atoms with Crippen LogP contribution in [-0.4, -0.2) is 22.0 Å². The third-order valence-corrected chi connectivity index (χ3v) is 6.18. The Kier molecular flexibility index (Phi) is 8.91. The molecule has 0 radical (unpaired) electrons. The number of benzene rings is 2. The van der Waals surface area contributed by atoms with Crippen LogP contribution in [0.2, 0.25) is 0 Å². The van der Waals surface area contributed by atoms with Gasteiger partial charge in [-0.05, 0) is 56.9 Å². The van der Waals surface area contributed by atoms with E-state index in [2.05, 4.69) is 73.2 Å². The third kappa shape index (κ3) is 7.57. The first-order valence-electron chi connectivity index (χ1n) is 12.5. The molecule has 4 nitrogen and oxygen atoms in total. The molecule has 1 saturated heterocycles. The molecule has 0 spiro atoms. The molecule has 2 aromatic carbocycles. The Morgan fingerprint density at radius 3 is 2.46 bits per heavy atom. The fraction of sp³-hybridized carbons (Fsp3) is 0.367. The molecule has 2 N–H and O–H groups in total. The maximum Gasteiger partial charge on any atom is 0.153 e. The van der Waals surface area contributed by atoms with Gasteiger partial charge < -0.3 is 10.6 Å². The molecule has 3 aromatic rings. The summed E-state index contributed by atoms with van der Waals surface area (Å²) >= 11 is 0. The van der Waals surface area contributed by atoms with Crippen molar-refractivity contribution in [1.29, 1.82) is 0 Å². The van der Waals surface area contributed by atoms with Crippen LogP contribution in [0.3, 0.4) is 0 Å². The molecular formula is C30H39FN4. The largest absolute Gasteiger partial charge is 0.388 e. The van der Waals surface area contributed by atoms with Crippen molar-refractivity contribution in [3.63, 3.8) is 0 Å². The van der Waals surface area contributed by atoms with Crippen molar-refractivity contribution in [2.75, 3.05) is 11.9 Å². The summed E-state index contributed by atoms with van der Waals surface area (Å²) < 4.78 is 14.1. The molecule has 1 aliphatic rings. The first-order chi connectivity index (χ1) is 16.7. The van der Waals surface area contributed by atoms with E-state index in [1.54, 1.807) is 13.8 Å². The number of nitrogens with zero attached hydrogens (tertiary/aromatic N) is 2. The summed E-state index contributed by atoms with van der Waals surface area (Å²) in [4.78, 5) is 0. The lowest BCUT2D eigenvalue weighted by atomic mass is 10.0. The number of halogens is 1. The Morgan fingerprint density at radius 1 is 1.14 bits per heavy atom. The molecule has 1 aromatic heterocycles. The van der Waals surface area contributed by atoms with Crippen molar-refractivity contribution >= 4 is 5.82 Å². The van der Waals surface area contributed by atoms with E-state index in [0.717, 1.165) is 54.4 Å². The summed E-state index contributed by atoms with van der Waals surface area (Å²) in [6, 6.07) is 21.1. The summed E-state index contributed by atoms with van der Waals surface area (Å²) in [6.45, 7) is 16.3. The number of allylic oxidation sites excluding steroid dienone is 1. The zero-order valence-corrected chi connectivity index (χ0v) is 21.6. The number of aromatic nitrogens is 2. The van der Waals surface area contributed by atoms with E-state index in [0.29, 0.717) is 12.3 Å². The number of rotatable bonds is 8. The molecule has 0 amide bonds. The number of anilines is 1. The van der Waals surface area contributed by atoms with Gasteiger partial charge >= 0.3 is 0 Å². The summed E-state index contributed by atoms with van der Waals surface area (Å²) in [5.41, 5.74) is 5.71. The van der Waals surface area contributed by atoms with Gasteiger partial charge in [0.2, 0.25) is 0 Å². The van der Waals surface area contributed by atoms with Crippen LogP contribution >= 0.6 is 0 Å². The van der Waals surface area contributed by atoms with Gasteiger partial charge in [0.15, 0.2) is 5.82 Å². The highest BCUT2D eigenvalue weighted by molar-refractivity contribution is 5.67. The molecular weight excluding hydrogens is 435 g/mol. The number of para-hydroxylation sites is 1. The average Bonchev–Trinajstić information content (AvgIpc) is 3.46. The van der Waals surface area contributed by atoms with Crippen LogP contribution in [0.5, 0.6) is 0 Å². The van der Waals surface area contributed by atoms with E-state index < -0.39 is 5.67 Å². The summed E-state index contributed by atoms with van der Waals surface area (Å²) in [5, 5.41) is 11.6. The normalized spacial score (nSPS) is 15.2. The van der Waals surface area contributed by atoms with Crippen molar-refractivity contribution in [3.05, 3.63) is 90.8 Å². The van der Waals surface area contributed by atoms with Crippen LogP contribution in [0.25, 0.3) is 16.9 Å². The molecule has 186 valence electrons. The molecule has 1 aliphatic heterocycles. The Hall–Kier alpha value is -3.34. The van der Waals surface area contributed by atoms with Gasteiger partial charge in [0, 0.05) is 35.5 Å². The second-order valence-electron chi connectivity index (χ2n) is 9.72. The SMILES string of the molecule is C=C1CC(C(=C)Nc2cc(-c3cccc(CCC)c3)n(-c3ccccc3)n2)CN1.CCC(C)(C)F. The second kappa shape index (κ2) is 11.9. The predicted octanol–water partition coefficient (Wildman–Crippen LogP) is 7.69. The monoisotopic (exact) mass is 474 g/mol. The van der Waals surface area contributed by atoms with Gasteiger partial charge in [-0.15, -0.1) is 5.10 Å². The zero-order valence-electron chi connectivity index (χ0n) is 21.6. The maximum absolute atomic E-state index is 12.1. The van der Waals surface area contributed by atoms with E-state index >= 15 is 0 Å². The first-order valence-corrected chi connectivity index (χ1v) is 12.5. The highest BCUT2D eigenvalue weighted by Crippen LogP contribution is 2.29. The quantitative estimate of drug-likeness (QED) is 0.352. The van der Waals surface area contributed by atoms with Gasteiger partial charge in [0.25, 0.3) is 0 Å². The number of aryl methyl sites for hydroxylation is 1. The van der Waals surface area contributed by atoms with E-state index in [4.69, 9.17) is 5.10 Å². The molecule has 5 heteroatoms. The van der Waals surface area contributed by atoms with Gasteiger partial charge in [-0.1, -0.05) is 69.8 Å². The fourth-order valence-corrected chi connectivity index (χ4v) is 3.81. The Bertz CT molecular complexity index is 1120. The smallest absolute Gasteiger partial charge is 0.153 e. The van der Waals surface area contributed by atoms with E-state index in [1.807, 2.05) is 29.8 Å². The zero-order chi connectivity index (χ0) is 25.4. The van der Waals surface area contributed by atoms with Crippen LogP contribution in [0.4, 0.5) is 10.2 Å². The van der Waals surface area contributed by atoms with E-state index in [-0.39, 0.29) is 0 Å². The Labute approximate surface area is 210 Å². The summed E-state index contributed by atoms with van der Waals surface area (Å²) in [6.07, 6.45) is 3.73. The summed E-state index contributed by atoms with van der Waals surface area (Å²) in [7, 11) is 0. The predicted molar refractivity (Wildman–Crippen MR) is 146 cm³/mol. The van der Waals surface area contributed by atoms with Crippen LogP contribution < -0.4 is 10.6 Å². The fourth-order valence-electron chi connectivity index (χ4n) is 3.81. The second-order valence-corrected chi connectivity index (χ2v) is 9.72. The van der Waals surface area contributed by atoms with Crippen LogP contribution in [0, 0.1) is 5.92 Å². The van der Waals surface area contributed by atoms with Crippen molar-refractivity contribution in [2.45, 2.75) is 59.0 Å². The minimum absolute atomic E-state index is 0.334.